The molecular formula is C41H65N9O14S2. The van der Waals surface area contributed by atoms with Gasteiger partial charge in [0, 0.05) is 25.0 Å². The number of carboxylic acid groups (broad SMARTS) is 3. The normalized spacial score (nSPS) is 14.7. The Morgan fingerprint density at radius 2 is 1.00 bits per heavy atom. The number of carbonyl (C=O) groups excluding carboxylic acids is 7. The van der Waals surface area contributed by atoms with Gasteiger partial charge in [0.2, 0.25) is 41.4 Å². The van der Waals surface area contributed by atoms with Crippen molar-refractivity contribution in [2.75, 3.05) is 30.9 Å². The van der Waals surface area contributed by atoms with Crippen molar-refractivity contribution in [3.63, 3.8) is 0 Å². The Morgan fingerprint density at radius 1 is 0.591 bits per heavy atom. The predicted octanol–water partition coefficient (Wildman–Crippen LogP) is -2.78. The van der Waals surface area contributed by atoms with Gasteiger partial charge in [-0.3, -0.25) is 43.2 Å². The second-order valence-corrected chi connectivity index (χ2v) is 16.9. The van der Waals surface area contributed by atoms with E-state index in [4.69, 9.17) is 11.5 Å². The number of hydrogen-bond donors (Lipinski definition) is 14. The van der Waals surface area contributed by atoms with Crippen LogP contribution in [0.3, 0.4) is 0 Å². The van der Waals surface area contributed by atoms with Gasteiger partial charge in [-0.05, 0) is 68.6 Å². The van der Waals surface area contributed by atoms with Crippen LogP contribution < -0.4 is 48.7 Å². The number of thiol groups is 1. The van der Waals surface area contributed by atoms with E-state index in [0.717, 1.165) is 0 Å². The number of nitrogens with one attached hydrogen (secondary N) is 7. The number of thioether (sulfide) groups is 1. The standard InChI is InChI=1S/C41H65N9O14S2/c1-22(2)33(43)40(62)47-27(16-18-66-3)37(59)44-24(11-7-8-17-42)34(56)49-29(20-51)38(60)50-30(21-65)39(61)46-25(12-14-31(52)53)35(57)45-26(13-15-32(54)55)36(58)48-28(41(63)64)19-23-9-5-4-6-10-23/h4-6,9-10,22,24-30,33,51,65H,7-8,11-21,42-43H2,1-3H3,(H,44,59)(H,45,57)(H,46,61)(H,47,62)(H,48,58)(H,49,56)(H,50,60)(H,52,53)(H,54,55)(H,63,64)/t24-,25-,26-,27-,28-,29-,30-,33-/m0/s1. The maximum absolute atomic E-state index is 13.6. The van der Waals surface area contributed by atoms with Crippen LogP contribution in [0.4, 0.5) is 0 Å². The van der Waals surface area contributed by atoms with Crippen molar-refractivity contribution in [3.8, 4) is 0 Å². The molecule has 0 aromatic heterocycles. The molecule has 0 radical (unpaired) electrons. The number of aliphatic carboxylic acids is 3. The van der Waals surface area contributed by atoms with Gasteiger partial charge in [-0.15, -0.1) is 0 Å². The number of aliphatic hydroxyl groups excluding tert-OH is 1. The van der Waals surface area contributed by atoms with Crippen molar-refractivity contribution in [2.45, 2.75) is 120 Å². The first-order valence-corrected chi connectivity index (χ1v) is 23.2. The fraction of sp³-hybridized carbons (Fsp3) is 0.610. The molecule has 370 valence electrons. The number of nitrogens with two attached hydrogens (primary N) is 2. The second kappa shape index (κ2) is 31.4. The lowest BCUT2D eigenvalue weighted by molar-refractivity contribution is -0.143. The van der Waals surface area contributed by atoms with Crippen LogP contribution >= 0.6 is 24.4 Å². The SMILES string of the molecule is CSCC[C@H](NC(=O)[C@@H](N)C(C)C)C(=O)N[C@@H](CCCCN)C(=O)N[C@@H](CO)C(=O)N[C@@H](CS)C(=O)N[C@@H](CCC(=O)O)C(=O)N[C@@H](CCC(=O)O)C(=O)N[C@@H](Cc1ccccc1)C(=O)O. The van der Waals surface area contributed by atoms with Gasteiger partial charge in [0.15, 0.2) is 0 Å². The molecule has 66 heavy (non-hydrogen) atoms. The largest absolute Gasteiger partial charge is 0.481 e. The lowest BCUT2D eigenvalue weighted by Gasteiger charge is -2.27. The minimum absolute atomic E-state index is 0.0390. The molecule has 0 bridgehead atoms. The third kappa shape index (κ3) is 22.1. The van der Waals surface area contributed by atoms with E-state index in [1.54, 1.807) is 50.4 Å². The number of carboxylic acids is 3. The van der Waals surface area contributed by atoms with Gasteiger partial charge in [0.1, 0.15) is 42.3 Å². The lowest BCUT2D eigenvalue weighted by atomic mass is 10.0. The summed E-state index contributed by atoms with van der Waals surface area (Å²) in [5, 5.41) is 55.3. The second-order valence-electron chi connectivity index (χ2n) is 15.5. The summed E-state index contributed by atoms with van der Waals surface area (Å²) in [5.41, 5.74) is 12.1. The summed E-state index contributed by atoms with van der Waals surface area (Å²) < 4.78 is 0. The molecular weight excluding hydrogens is 907 g/mol. The number of amides is 7. The maximum Gasteiger partial charge on any atom is 0.326 e. The lowest BCUT2D eigenvalue weighted by Crippen LogP contribution is -2.61. The van der Waals surface area contributed by atoms with Gasteiger partial charge < -0.3 is 69.1 Å². The minimum Gasteiger partial charge on any atom is -0.481 e. The molecule has 8 atom stereocenters. The van der Waals surface area contributed by atoms with E-state index in [0.29, 0.717) is 24.2 Å². The Hall–Kier alpha value is -5.50. The van der Waals surface area contributed by atoms with E-state index in [9.17, 15) is 68.4 Å². The highest BCUT2D eigenvalue weighted by Gasteiger charge is 2.34. The van der Waals surface area contributed by atoms with Crippen molar-refractivity contribution in [1.29, 1.82) is 0 Å². The molecule has 0 aliphatic carbocycles. The zero-order valence-corrected chi connectivity index (χ0v) is 38.9. The molecule has 0 aliphatic heterocycles. The third-order valence-corrected chi connectivity index (χ3v) is 10.9. The van der Waals surface area contributed by atoms with Crippen molar-refractivity contribution < 1.29 is 68.4 Å². The maximum atomic E-state index is 13.6. The fourth-order valence-electron chi connectivity index (χ4n) is 5.98. The fourth-order valence-corrected chi connectivity index (χ4v) is 6.71. The summed E-state index contributed by atoms with van der Waals surface area (Å²) in [4.78, 5) is 129. The summed E-state index contributed by atoms with van der Waals surface area (Å²) in [5.74, 6) is -11.0. The first-order chi connectivity index (χ1) is 31.2. The van der Waals surface area contributed by atoms with Gasteiger partial charge >= 0.3 is 17.9 Å². The molecule has 0 spiro atoms. The zero-order chi connectivity index (χ0) is 49.9. The van der Waals surface area contributed by atoms with E-state index in [-0.39, 0.29) is 31.7 Å². The van der Waals surface area contributed by atoms with Crippen LogP contribution in [0.2, 0.25) is 0 Å². The van der Waals surface area contributed by atoms with Gasteiger partial charge in [-0.25, -0.2) is 4.79 Å². The average Bonchev–Trinajstić information content (AvgIpc) is 3.27. The molecule has 0 unspecified atom stereocenters. The van der Waals surface area contributed by atoms with Crippen molar-refractivity contribution in [3.05, 3.63) is 35.9 Å². The van der Waals surface area contributed by atoms with Crippen LogP contribution in [0.1, 0.15) is 70.8 Å². The molecule has 25 heteroatoms. The molecule has 1 aromatic carbocycles. The monoisotopic (exact) mass is 971 g/mol. The number of rotatable bonds is 33. The Bertz CT molecular complexity index is 1800. The van der Waals surface area contributed by atoms with E-state index in [1.165, 1.54) is 11.8 Å². The molecule has 0 heterocycles. The van der Waals surface area contributed by atoms with Crippen LogP contribution in [0.15, 0.2) is 30.3 Å². The van der Waals surface area contributed by atoms with Crippen LogP contribution in [0.5, 0.6) is 0 Å². The first-order valence-electron chi connectivity index (χ1n) is 21.2. The topological polar surface area (TPSA) is 388 Å². The Balaban J connectivity index is 3.25. The van der Waals surface area contributed by atoms with Gasteiger partial charge in [-0.2, -0.15) is 24.4 Å². The van der Waals surface area contributed by atoms with Gasteiger partial charge in [0.05, 0.1) is 12.6 Å². The number of aliphatic hydroxyl groups is 1. The van der Waals surface area contributed by atoms with Crippen molar-refractivity contribution in [1.82, 2.24) is 37.2 Å². The number of benzene rings is 1. The predicted molar refractivity (Wildman–Crippen MR) is 245 cm³/mol. The summed E-state index contributed by atoms with van der Waals surface area (Å²) >= 11 is 5.52. The first kappa shape index (κ1) is 58.5. The molecule has 0 aliphatic rings. The molecule has 1 rings (SSSR count). The Morgan fingerprint density at radius 3 is 1.42 bits per heavy atom. The van der Waals surface area contributed by atoms with Gasteiger partial charge in [0.25, 0.3) is 0 Å². The zero-order valence-electron chi connectivity index (χ0n) is 37.2. The third-order valence-electron chi connectivity index (χ3n) is 9.93. The highest BCUT2D eigenvalue weighted by Crippen LogP contribution is 2.10. The molecule has 1 aromatic rings. The van der Waals surface area contributed by atoms with E-state index in [1.807, 2.05) is 0 Å². The van der Waals surface area contributed by atoms with E-state index >= 15 is 0 Å². The van der Waals surface area contributed by atoms with Crippen LogP contribution in [0.25, 0.3) is 0 Å². The minimum atomic E-state index is -1.72. The number of hydrogen-bond acceptors (Lipinski definition) is 15. The van der Waals surface area contributed by atoms with Crippen molar-refractivity contribution in [2.24, 2.45) is 17.4 Å². The molecule has 15 N–H and O–H groups in total. The summed E-state index contributed by atoms with van der Waals surface area (Å²) in [6.45, 7) is 2.73. The smallest absolute Gasteiger partial charge is 0.326 e. The molecule has 23 nitrogen and oxygen atoms in total. The molecule has 7 amide bonds. The van der Waals surface area contributed by atoms with Crippen LogP contribution in [-0.2, 0) is 54.4 Å². The van der Waals surface area contributed by atoms with Crippen LogP contribution in [-0.4, -0.2) is 159 Å². The number of unbranched alkanes of at least 4 members (excludes halogenated alkanes) is 1. The Labute approximate surface area is 392 Å². The molecule has 0 saturated carbocycles. The van der Waals surface area contributed by atoms with E-state index < -0.39 is 146 Å². The highest BCUT2D eigenvalue weighted by atomic mass is 32.2. The Kier molecular flexibility index (Phi) is 27.9. The summed E-state index contributed by atoms with van der Waals surface area (Å²) in [6.07, 6.45) is 0.208. The van der Waals surface area contributed by atoms with E-state index in [2.05, 4.69) is 49.8 Å². The highest BCUT2D eigenvalue weighted by molar-refractivity contribution is 7.98. The summed E-state index contributed by atoms with van der Waals surface area (Å²) in [7, 11) is 0. The van der Waals surface area contributed by atoms with Crippen LogP contribution in [0, 0.1) is 5.92 Å². The van der Waals surface area contributed by atoms with Gasteiger partial charge in [-0.1, -0.05) is 44.2 Å². The average molecular weight is 972 g/mol. The quantitative estimate of drug-likeness (QED) is 0.0250. The summed E-state index contributed by atoms with van der Waals surface area (Å²) in [6, 6.07) is -3.24. The number of carbonyl (C=O) groups is 10. The molecule has 0 fully saturated rings. The molecule has 0 saturated heterocycles. The van der Waals surface area contributed by atoms with Crippen molar-refractivity contribution >= 4 is 83.6 Å².